The molecule has 2 saturated heterocycles. The van der Waals surface area contributed by atoms with Crippen LogP contribution in [0.3, 0.4) is 0 Å². The molecule has 2 aliphatic heterocycles. The summed E-state index contributed by atoms with van der Waals surface area (Å²) in [4.78, 5) is 26.7. The van der Waals surface area contributed by atoms with Crippen molar-refractivity contribution in [2.75, 3.05) is 31.8 Å². The molecule has 6 heteroatoms. The van der Waals surface area contributed by atoms with Crippen LogP contribution in [-0.4, -0.2) is 44.7 Å². The monoisotopic (exact) mass is 440 g/mol. The first kappa shape index (κ1) is 21.9. The van der Waals surface area contributed by atoms with E-state index in [1.165, 1.54) is 12.0 Å². The molecule has 174 valence electrons. The predicted octanol–water partition coefficient (Wildman–Crippen LogP) is 3.85. The summed E-state index contributed by atoms with van der Waals surface area (Å²) in [5, 5.41) is 3.43. The Kier molecular flexibility index (Phi) is 5.57. The number of amides is 2. The second kappa shape index (κ2) is 8.14. The molecule has 2 aliphatic carbocycles. The summed E-state index contributed by atoms with van der Waals surface area (Å²) in [6.07, 6.45) is 5.35. The molecule has 0 unspecified atom stereocenters. The zero-order valence-corrected chi connectivity index (χ0v) is 19.6. The van der Waals surface area contributed by atoms with Crippen LogP contribution in [-0.2, 0) is 19.1 Å². The normalized spacial score (nSPS) is 35.2. The molecule has 4 aliphatic rings. The highest BCUT2D eigenvalue weighted by Gasteiger charge is 2.68. The molecule has 1 aromatic carbocycles. The van der Waals surface area contributed by atoms with Crippen LogP contribution >= 0.6 is 0 Å². The second-order valence-electron chi connectivity index (χ2n) is 10.8. The fraction of sp³-hybridized carbons (Fsp3) is 0.692. The molecule has 2 saturated carbocycles. The molecule has 0 aromatic heterocycles. The summed E-state index contributed by atoms with van der Waals surface area (Å²) in [7, 11) is 1.64. The Morgan fingerprint density at radius 3 is 2.75 bits per heavy atom. The smallest absolute Gasteiger partial charge is 0.227 e. The molecule has 5 rings (SSSR count). The maximum atomic E-state index is 12.7. The van der Waals surface area contributed by atoms with Crippen LogP contribution in [0.2, 0.25) is 0 Å². The number of fused-ring (bicyclic) bond motifs is 1. The van der Waals surface area contributed by atoms with Crippen molar-refractivity contribution in [2.24, 2.45) is 22.7 Å². The van der Waals surface area contributed by atoms with E-state index in [0.29, 0.717) is 31.3 Å². The van der Waals surface area contributed by atoms with Gasteiger partial charge in [-0.05, 0) is 66.0 Å². The Morgan fingerprint density at radius 1 is 1.28 bits per heavy atom. The van der Waals surface area contributed by atoms with Gasteiger partial charge in [0.25, 0.3) is 0 Å². The third-order valence-corrected chi connectivity index (χ3v) is 8.95. The van der Waals surface area contributed by atoms with E-state index in [0.717, 1.165) is 38.1 Å². The van der Waals surface area contributed by atoms with E-state index in [-0.39, 0.29) is 34.8 Å². The average molecular weight is 441 g/mol. The zero-order chi connectivity index (χ0) is 22.5. The second-order valence-corrected chi connectivity index (χ2v) is 10.8. The lowest BCUT2D eigenvalue weighted by atomic mass is 9.59. The van der Waals surface area contributed by atoms with Gasteiger partial charge in [-0.15, -0.1) is 0 Å². The fourth-order valence-electron chi connectivity index (χ4n) is 7.31. The molecule has 6 nitrogen and oxygen atoms in total. The van der Waals surface area contributed by atoms with Crippen LogP contribution in [0.1, 0.15) is 64.0 Å². The maximum absolute atomic E-state index is 12.7. The molecule has 5 atom stereocenters. The van der Waals surface area contributed by atoms with E-state index in [1.54, 1.807) is 7.11 Å². The zero-order valence-electron chi connectivity index (χ0n) is 19.6. The van der Waals surface area contributed by atoms with Crippen molar-refractivity contribution in [3.05, 3.63) is 29.8 Å². The van der Waals surface area contributed by atoms with Crippen LogP contribution < -0.4 is 10.2 Å². The van der Waals surface area contributed by atoms with Crippen LogP contribution in [0, 0.1) is 22.7 Å². The van der Waals surface area contributed by atoms with Crippen molar-refractivity contribution >= 4 is 17.5 Å². The number of nitrogens with one attached hydrogen (secondary N) is 1. The highest BCUT2D eigenvalue weighted by Crippen LogP contribution is 2.70. The molecule has 32 heavy (non-hydrogen) atoms. The third-order valence-electron chi connectivity index (χ3n) is 8.95. The first-order valence-electron chi connectivity index (χ1n) is 12.2. The Labute approximate surface area is 191 Å². The van der Waals surface area contributed by atoms with E-state index < -0.39 is 0 Å². The summed E-state index contributed by atoms with van der Waals surface area (Å²) in [6.45, 7) is 6.65. The van der Waals surface area contributed by atoms with Crippen molar-refractivity contribution in [2.45, 2.75) is 64.5 Å². The lowest BCUT2D eigenvalue weighted by Crippen LogP contribution is -2.59. The Bertz CT molecular complexity index is 882. The van der Waals surface area contributed by atoms with E-state index in [4.69, 9.17) is 9.47 Å². The molecule has 2 bridgehead atoms. The number of benzene rings is 1. The van der Waals surface area contributed by atoms with Gasteiger partial charge in [-0.25, -0.2) is 0 Å². The van der Waals surface area contributed by atoms with Gasteiger partial charge >= 0.3 is 0 Å². The van der Waals surface area contributed by atoms with Crippen molar-refractivity contribution in [1.29, 1.82) is 0 Å². The largest absolute Gasteiger partial charge is 0.384 e. The van der Waals surface area contributed by atoms with Crippen LogP contribution in [0.25, 0.3) is 0 Å². The maximum Gasteiger partial charge on any atom is 0.227 e. The number of hydrogen-bond acceptors (Lipinski definition) is 4. The quantitative estimate of drug-likeness (QED) is 0.730. The SMILES string of the molecule is COCCC(=O)N[C@H]1C(C)(C)[C@@H]2C[C@@H]3[C@@H](c4ccc(N5CCCC5=O)cc4)OCC[C@@]31C2. The van der Waals surface area contributed by atoms with Crippen molar-refractivity contribution in [1.82, 2.24) is 5.32 Å². The van der Waals surface area contributed by atoms with E-state index in [1.807, 2.05) is 4.90 Å². The first-order chi connectivity index (χ1) is 15.4. The van der Waals surface area contributed by atoms with Gasteiger partial charge in [0, 0.05) is 44.8 Å². The summed E-state index contributed by atoms with van der Waals surface area (Å²) in [6, 6.07) is 8.60. The molecule has 2 heterocycles. The third kappa shape index (κ3) is 3.38. The molecule has 1 spiro atoms. The average Bonchev–Trinajstić information content (AvgIpc) is 3.44. The number of nitrogens with zero attached hydrogens (tertiary/aromatic N) is 1. The van der Waals surface area contributed by atoms with Crippen molar-refractivity contribution < 1.29 is 19.1 Å². The standard InChI is InChI=1S/C26H36N2O4/c1-25(2)18-15-20-23(17-6-8-19(9-7-17)28-12-4-5-22(28)30)32-14-11-26(20,16-18)24(25)27-21(29)10-13-31-3/h6-9,18,20,23-24H,4-5,10-16H2,1-3H3,(H,27,29)/t18-,20-,23-,24+,26-/m1/s1. The summed E-state index contributed by atoms with van der Waals surface area (Å²) >= 11 is 0. The van der Waals surface area contributed by atoms with Gasteiger partial charge in [0.15, 0.2) is 0 Å². The van der Waals surface area contributed by atoms with Crippen LogP contribution in [0.5, 0.6) is 0 Å². The summed E-state index contributed by atoms with van der Waals surface area (Å²) in [5.41, 5.74) is 2.35. The Morgan fingerprint density at radius 2 is 2.06 bits per heavy atom. The Hall–Kier alpha value is -1.92. The minimum atomic E-state index is 0.0477. The van der Waals surface area contributed by atoms with Gasteiger partial charge in [0.1, 0.15) is 0 Å². The van der Waals surface area contributed by atoms with Gasteiger partial charge in [-0.2, -0.15) is 0 Å². The molecule has 2 amide bonds. The molecule has 1 aromatic rings. The summed E-state index contributed by atoms with van der Waals surface area (Å²) in [5.74, 6) is 1.30. The van der Waals surface area contributed by atoms with Gasteiger partial charge in [-0.3, -0.25) is 9.59 Å². The number of methoxy groups -OCH3 is 1. The highest BCUT2D eigenvalue weighted by atomic mass is 16.5. The molecular formula is C26H36N2O4. The first-order valence-corrected chi connectivity index (χ1v) is 12.2. The number of carbonyl (C=O) groups excluding carboxylic acids is 2. The van der Waals surface area contributed by atoms with Crippen molar-refractivity contribution in [3.63, 3.8) is 0 Å². The lowest BCUT2D eigenvalue weighted by Gasteiger charge is -2.53. The van der Waals surface area contributed by atoms with Gasteiger partial charge in [0.2, 0.25) is 11.8 Å². The minimum Gasteiger partial charge on any atom is -0.384 e. The predicted molar refractivity (Wildman–Crippen MR) is 122 cm³/mol. The molecular weight excluding hydrogens is 404 g/mol. The minimum absolute atomic E-state index is 0.0477. The molecule has 0 radical (unpaired) electrons. The van der Waals surface area contributed by atoms with Crippen LogP contribution in [0.4, 0.5) is 5.69 Å². The van der Waals surface area contributed by atoms with Gasteiger partial charge < -0.3 is 19.7 Å². The highest BCUT2D eigenvalue weighted by molar-refractivity contribution is 5.95. The topological polar surface area (TPSA) is 67.9 Å². The van der Waals surface area contributed by atoms with Gasteiger partial charge in [-0.1, -0.05) is 26.0 Å². The molecule has 4 fully saturated rings. The number of carbonyl (C=O) groups is 2. The summed E-state index contributed by atoms with van der Waals surface area (Å²) < 4.78 is 11.5. The number of ether oxygens (including phenoxy) is 2. The van der Waals surface area contributed by atoms with Crippen molar-refractivity contribution in [3.8, 4) is 0 Å². The van der Waals surface area contributed by atoms with E-state index in [9.17, 15) is 9.59 Å². The van der Waals surface area contributed by atoms with Crippen LogP contribution in [0.15, 0.2) is 24.3 Å². The Balaban J connectivity index is 1.38. The van der Waals surface area contributed by atoms with E-state index >= 15 is 0 Å². The lowest BCUT2D eigenvalue weighted by molar-refractivity contribution is -0.137. The molecule has 1 N–H and O–H groups in total. The number of anilines is 1. The number of rotatable bonds is 6. The fourth-order valence-corrected chi connectivity index (χ4v) is 7.31. The van der Waals surface area contributed by atoms with E-state index in [2.05, 4.69) is 43.4 Å². The number of hydrogen-bond donors (Lipinski definition) is 1. The van der Waals surface area contributed by atoms with Gasteiger partial charge in [0.05, 0.1) is 12.7 Å².